The second-order valence-corrected chi connectivity index (χ2v) is 7.93. The number of rotatable bonds is 12. The third kappa shape index (κ3) is 6.73. The summed E-state index contributed by atoms with van der Waals surface area (Å²) in [6.45, 7) is 7.22. The van der Waals surface area contributed by atoms with Crippen LogP contribution in [0.4, 0.5) is 20.4 Å². The van der Waals surface area contributed by atoms with Gasteiger partial charge in [0.2, 0.25) is 11.6 Å². The van der Waals surface area contributed by atoms with Gasteiger partial charge in [0.1, 0.15) is 0 Å². The molecule has 0 radical (unpaired) electrons. The van der Waals surface area contributed by atoms with Crippen LogP contribution in [0.15, 0.2) is 53.8 Å². The summed E-state index contributed by atoms with van der Waals surface area (Å²) in [5.41, 5.74) is 5.34. The molecule has 0 aliphatic rings. The molecule has 1 N–H and O–H groups in total. The third-order valence-electron chi connectivity index (χ3n) is 5.06. The molecule has 0 bridgehead atoms. The molecule has 6 nitrogen and oxygen atoms in total. The summed E-state index contributed by atoms with van der Waals surface area (Å²) in [4.78, 5) is 10.3. The second kappa shape index (κ2) is 12.6. The molecular formula is C26H31F2N5O. The Kier molecular flexibility index (Phi) is 9.31. The normalized spacial score (nSPS) is 11.1. The van der Waals surface area contributed by atoms with Crippen molar-refractivity contribution in [2.24, 2.45) is 5.10 Å². The number of nitrogens with zero attached hydrogens (tertiary/aromatic N) is 4. The van der Waals surface area contributed by atoms with Gasteiger partial charge in [-0.2, -0.15) is 13.9 Å². The molecule has 0 atom stereocenters. The summed E-state index contributed by atoms with van der Waals surface area (Å²) in [6.07, 6.45) is 5.24. The first-order valence-electron chi connectivity index (χ1n) is 11.6. The van der Waals surface area contributed by atoms with Crippen molar-refractivity contribution in [2.45, 2.75) is 40.0 Å². The molecule has 34 heavy (non-hydrogen) atoms. The highest BCUT2D eigenvalue weighted by Gasteiger charge is 2.25. The van der Waals surface area contributed by atoms with Gasteiger partial charge >= 0.3 is 0 Å². The number of nitrogens with one attached hydrogen (secondary N) is 1. The summed E-state index contributed by atoms with van der Waals surface area (Å²) < 4.78 is 36.3. The second-order valence-electron chi connectivity index (χ2n) is 7.93. The molecule has 0 aliphatic heterocycles. The fourth-order valence-corrected chi connectivity index (χ4v) is 3.51. The minimum Gasteiger partial charge on any atom is -0.487 e. The maximum Gasteiger partial charge on any atom is 0.212 e. The van der Waals surface area contributed by atoms with Crippen molar-refractivity contribution in [3.8, 4) is 5.75 Å². The summed E-state index contributed by atoms with van der Waals surface area (Å²) in [7, 11) is 0. The topological polar surface area (TPSA) is 62.6 Å². The molecule has 2 heterocycles. The molecule has 0 spiro atoms. The largest absolute Gasteiger partial charge is 0.487 e. The monoisotopic (exact) mass is 467 g/mol. The minimum atomic E-state index is -0.920. The number of benzene rings is 1. The fraction of sp³-hybridized carbons (Fsp3) is 0.346. The van der Waals surface area contributed by atoms with E-state index in [9.17, 15) is 0 Å². The van der Waals surface area contributed by atoms with E-state index < -0.39 is 17.4 Å². The van der Waals surface area contributed by atoms with Crippen LogP contribution in [0.3, 0.4) is 0 Å². The molecule has 0 saturated carbocycles. The lowest BCUT2D eigenvalue weighted by Crippen LogP contribution is -2.27. The van der Waals surface area contributed by atoms with Gasteiger partial charge in [0, 0.05) is 31.4 Å². The first-order valence-corrected chi connectivity index (χ1v) is 11.6. The maximum absolute atomic E-state index is 15.4. The molecule has 0 fully saturated rings. The van der Waals surface area contributed by atoms with Crippen molar-refractivity contribution in [3.63, 3.8) is 0 Å². The number of hydrogen-bond acceptors (Lipinski definition) is 6. The molecule has 0 aliphatic carbocycles. The van der Waals surface area contributed by atoms with Crippen LogP contribution >= 0.6 is 0 Å². The number of aryl methyl sites for hydroxylation is 1. The van der Waals surface area contributed by atoms with Crippen LogP contribution in [0.25, 0.3) is 0 Å². The molecule has 8 heteroatoms. The molecule has 3 rings (SSSR count). The summed E-state index contributed by atoms with van der Waals surface area (Å²) >= 11 is 0. The SMILES string of the molecule is CCCN(CCC)c1nc(N/N=C/c2cccc(C)c2)c(F)c(OCCc2ccccn2)c1F. The van der Waals surface area contributed by atoms with E-state index in [1.165, 1.54) is 0 Å². The maximum atomic E-state index is 15.4. The van der Waals surface area contributed by atoms with Crippen LogP contribution in [-0.2, 0) is 6.42 Å². The van der Waals surface area contributed by atoms with Gasteiger partial charge in [-0.15, -0.1) is 0 Å². The predicted octanol–water partition coefficient (Wildman–Crippen LogP) is 5.76. The van der Waals surface area contributed by atoms with Gasteiger partial charge in [-0.25, -0.2) is 4.98 Å². The Morgan fingerprint density at radius 1 is 1.06 bits per heavy atom. The van der Waals surface area contributed by atoms with E-state index in [1.54, 1.807) is 17.3 Å². The van der Waals surface area contributed by atoms with Crippen LogP contribution in [-0.4, -0.2) is 35.9 Å². The fourth-order valence-electron chi connectivity index (χ4n) is 3.51. The van der Waals surface area contributed by atoms with E-state index in [0.29, 0.717) is 19.5 Å². The Morgan fingerprint density at radius 2 is 1.85 bits per heavy atom. The molecule has 0 saturated heterocycles. The number of pyridine rings is 2. The zero-order valence-electron chi connectivity index (χ0n) is 19.9. The number of ether oxygens (including phenoxy) is 1. The summed E-state index contributed by atoms with van der Waals surface area (Å²) in [5.74, 6) is -2.34. The standard InChI is InChI=1S/C26H31F2N5O/c1-4-14-33(15-5-2)26-23(28)24(34-16-12-21-11-6-7-13-29-21)22(27)25(31-26)32-30-18-20-10-8-9-19(3)17-20/h6-11,13,17-18H,4-5,12,14-16H2,1-3H3,(H,31,32)/b30-18+. The Morgan fingerprint density at radius 3 is 2.53 bits per heavy atom. The number of halogens is 2. The average molecular weight is 468 g/mol. The lowest BCUT2D eigenvalue weighted by atomic mass is 10.2. The van der Waals surface area contributed by atoms with Crippen LogP contribution < -0.4 is 15.1 Å². The van der Waals surface area contributed by atoms with Crippen LogP contribution in [0.5, 0.6) is 5.75 Å². The average Bonchev–Trinajstić information content (AvgIpc) is 2.83. The van der Waals surface area contributed by atoms with Crippen molar-refractivity contribution >= 4 is 17.9 Å². The van der Waals surface area contributed by atoms with Crippen molar-refractivity contribution in [2.75, 3.05) is 30.0 Å². The van der Waals surface area contributed by atoms with Crippen LogP contribution in [0.2, 0.25) is 0 Å². The van der Waals surface area contributed by atoms with Crippen molar-refractivity contribution in [1.29, 1.82) is 0 Å². The van der Waals surface area contributed by atoms with E-state index in [4.69, 9.17) is 4.74 Å². The van der Waals surface area contributed by atoms with Gasteiger partial charge in [0.15, 0.2) is 17.4 Å². The van der Waals surface area contributed by atoms with Gasteiger partial charge in [0.25, 0.3) is 0 Å². The number of anilines is 2. The predicted molar refractivity (Wildman–Crippen MR) is 133 cm³/mol. The first kappa shape index (κ1) is 25.1. The molecule has 1 aromatic carbocycles. The zero-order valence-corrected chi connectivity index (χ0v) is 19.9. The van der Waals surface area contributed by atoms with E-state index in [2.05, 4.69) is 20.5 Å². The van der Waals surface area contributed by atoms with Gasteiger partial charge < -0.3 is 9.64 Å². The van der Waals surface area contributed by atoms with Crippen molar-refractivity contribution in [3.05, 3.63) is 77.1 Å². The van der Waals surface area contributed by atoms with Gasteiger partial charge in [-0.1, -0.05) is 49.7 Å². The lowest BCUT2D eigenvalue weighted by molar-refractivity contribution is 0.287. The molecule has 180 valence electrons. The lowest BCUT2D eigenvalue weighted by Gasteiger charge is -2.24. The molecule has 0 amide bonds. The van der Waals surface area contributed by atoms with Crippen molar-refractivity contribution in [1.82, 2.24) is 9.97 Å². The third-order valence-corrected chi connectivity index (χ3v) is 5.06. The smallest absolute Gasteiger partial charge is 0.212 e. The quantitative estimate of drug-likeness (QED) is 0.271. The van der Waals surface area contributed by atoms with Gasteiger partial charge in [-0.05, 0) is 37.5 Å². The minimum absolute atomic E-state index is 0.0474. The van der Waals surface area contributed by atoms with Gasteiger partial charge in [-0.3, -0.25) is 10.4 Å². The zero-order chi connectivity index (χ0) is 24.3. The Hall–Kier alpha value is -3.55. The summed E-state index contributed by atoms with van der Waals surface area (Å²) in [6, 6.07) is 13.2. The van der Waals surface area contributed by atoms with Gasteiger partial charge in [0.05, 0.1) is 12.8 Å². The van der Waals surface area contributed by atoms with E-state index in [0.717, 1.165) is 29.7 Å². The number of hydrogen-bond donors (Lipinski definition) is 1. The Labute approximate surface area is 199 Å². The highest BCUT2D eigenvalue weighted by molar-refractivity contribution is 5.80. The Bertz CT molecular complexity index is 1090. The van der Waals surface area contributed by atoms with Crippen LogP contribution in [0, 0.1) is 18.6 Å². The van der Waals surface area contributed by atoms with E-state index in [-0.39, 0.29) is 18.2 Å². The molecule has 2 aromatic heterocycles. The summed E-state index contributed by atoms with van der Waals surface area (Å²) in [5, 5.41) is 4.12. The van der Waals surface area contributed by atoms with Crippen LogP contribution in [0.1, 0.15) is 43.5 Å². The highest BCUT2D eigenvalue weighted by Crippen LogP contribution is 2.33. The van der Waals surface area contributed by atoms with E-state index >= 15 is 8.78 Å². The molecular weight excluding hydrogens is 436 g/mol. The van der Waals surface area contributed by atoms with E-state index in [1.807, 2.05) is 63.2 Å². The molecule has 0 unspecified atom stereocenters. The Balaban J connectivity index is 1.89. The number of aromatic nitrogens is 2. The molecule has 3 aromatic rings. The van der Waals surface area contributed by atoms with Crippen molar-refractivity contribution < 1.29 is 13.5 Å². The number of hydrazone groups is 1. The highest BCUT2D eigenvalue weighted by atomic mass is 19.1. The first-order chi connectivity index (χ1) is 16.5.